The van der Waals surface area contributed by atoms with Gasteiger partial charge in [-0.25, -0.2) is 0 Å². The maximum absolute atomic E-state index is 12.2. The summed E-state index contributed by atoms with van der Waals surface area (Å²) in [5, 5.41) is 22.5. The molecule has 0 aliphatic carbocycles. The number of ether oxygens (including phenoxy) is 1. The van der Waals surface area contributed by atoms with Crippen molar-refractivity contribution in [3.63, 3.8) is 0 Å². The molecular formula is C17H19BN2O6. The second kappa shape index (κ2) is 6.42. The van der Waals surface area contributed by atoms with Crippen LogP contribution in [0.25, 0.3) is 11.0 Å². The van der Waals surface area contributed by atoms with Gasteiger partial charge in [-0.1, -0.05) is 18.2 Å². The van der Waals surface area contributed by atoms with E-state index < -0.39 is 24.9 Å². The molecule has 0 saturated carbocycles. The van der Waals surface area contributed by atoms with Crippen molar-refractivity contribution in [2.45, 2.75) is 12.4 Å². The number of likely N-dealkylation sites (tertiary alicyclic amines) is 1. The molecule has 2 aliphatic heterocycles. The van der Waals surface area contributed by atoms with Gasteiger partial charge in [0.1, 0.15) is 5.58 Å². The lowest BCUT2D eigenvalue weighted by Crippen LogP contribution is -2.69. The summed E-state index contributed by atoms with van der Waals surface area (Å²) in [4.78, 5) is 25.9. The highest BCUT2D eigenvalue weighted by atomic mass is 16.5. The van der Waals surface area contributed by atoms with E-state index in [0.29, 0.717) is 31.9 Å². The van der Waals surface area contributed by atoms with Crippen LogP contribution in [0.2, 0.25) is 0 Å². The quantitative estimate of drug-likeness (QED) is 0.494. The first-order valence-corrected chi connectivity index (χ1v) is 8.46. The molecule has 1 aromatic heterocycles. The summed E-state index contributed by atoms with van der Waals surface area (Å²) in [6.07, 6.45) is 1.65. The van der Waals surface area contributed by atoms with Crippen molar-refractivity contribution >= 4 is 29.9 Å². The maximum Gasteiger partial charge on any atom is 0.475 e. The second-order valence-electron chi connectivity index (χ2n) is 7.11. The molecule has 26 heavy (non-hydrogen) atoms. The molecule has 2 fully saturated rings. The van der Waals surface area contributed by atoms with Crippen molar-refractivity contribution in [1.82, 2.24) is 10.2 Å². The lowest BCUT2D eigenvalue weighted by Gasteiger charge is -2.54. The van der Waals surface area contributed by atoms with E-state index in [-0.39, 0.29) is 11.8 Å². The minimum atomic E-state index is -1.80. The molecule has 1 spiro atoms. The van der Waals surface area contributed by atoms with E-state index in [1.165, 1.54) is 11.2 Å². The summed E-state index contributed by atoms with van der Waals surface area (Å²) < 4.78 is 10.6. The Morgan fingerprint density at radius 3 is 2.65 bits per heavy atom. The molecule has 2 saturated heterocycles. The smallest absolute Gasteiger partial charge is 0.464 e. The van der Waals surface area contributed by atoms with Gasteiger partial charge in [0.25, 0.3) is 0 Å². The highest BCUT2D eigenvalue weighted by molar-refractivity contribution is 6.45. The number of rotatable bonds is 4. The predicted octanol–water partition coefficient (Wildman–Crippen LogP) is -0.669. The van der Waals surface area contributed by atoms with Crippen LogP contribution in [-0.2, 0) is 20.7 Å². The minimum absolute atomic E-state index is 0.0154. The first kappa shape index (κ1) is 17.1. The van der Waals surface area contributed by atoms with Gasteiger partial charge in [-0.15, -0.1) is 0 Å². The molecule has 136 valence electrons. The normalized spacial score (nSPS) is 18.9. The minimum Gasteiger partial charge on any atom is -0.464 e. The average Bonchev–Trinajstić information content (AvgIpc) is 2.94. The van der Waals surface area contributed by atoms with Crippen LogP contribution in [0.1, 0.15) is 5.56 Å². The lowest BCUT2D eigenvalue weighted by molar-refractivity contribution is -0.195. The Labute approximate surface area is 149 Å². The average molecular weight is 358 g/mol. The highest BCUT2D eigenvalue weighted by Crippen LogP contribution is 2.37. The van der Waals surface area contributed by atoms with Gasteiger partial charge in [0, 0.05) is 18.5 Å². The summed E-state index contributed by atoms with van der Waals surface area (Å²) in [7, 11) is -1.80. The number of hydrogen-bond acceptors (Lipinski definition) is 6. The number of benzene rings is 1. The van der Waals surface area contributed by atoms with E-state index >= 15 is 0 Å². The van der Waals surface area contributed by atoms with Crippen LogP contribution in [-0.4, -0.2) is 66.1 Å². The Morgan fingerprint density at radius 2 is 2.00 bits per heavy atom. The molecule has 0 radical (unpaired) electrons. The topological polar surface area (TPSA) is 112 Å². The summed E-state index contributed by atoms with van der Waals surface area (Å²) in [6.45, 7) is 2.23. The number of para-hydroxylation sites is 1. The summed E-state index contributed by atoms with van der Waals surface area (Å²) in [5.74, 6) is -2.52. The van der Waals surface area contributed by atoms with Gasteiger partial charge in [0.15, 0.2) is 0 Å². The zero-order valence-electron chi connectivity index (χ0n) is 14.1. The fourth-order valence-electron chi connectivity index (χ4n) is 3.51. The van der Waals surface area contributed by atoms with Gasteiger partial charge in [-0.3, -0.25) is 9.59 Å². The molecule has 4 rings (SSSR count). The largest absolute Gasteiger partial charge is 0.475 e. The molecule has 3 heterocycles. The molecule has 1 atom stereocenters. The SMILES string of the molecule is O=C(N[C@@H](Cc1coc2ccccc12)B(O)O)C(=O)N1CC2(COC2)C1. The zero-order chi connectivity index (χ0) is 18.3. The lowest BCUT2D eigenvalue weighted by atomic mass is 9.75. The molecule has 9 heteroatoms. The van der Waals surface area contributed by atoms with Crippen molar-refractivity contribution in [3.8, 4) is 0 Å². The van der Waals surface area contributed by atoms with Crippen LogP contribution in [0.5, 0.6) is 0 Å². The van der Waals surface area contributed by atoms with Gasteiger partial charge in [-0.05, 0) is 18.1 Å². The molecule has 2 amide bonds. The van der Waals surface area contributed by atoms with Gasteiger partial charge >= 0.3 is 18.9 Å². The molecule has 1 aromatic carbocycles. The van der Waals surface area contributed by atoms with Crippen LogP contribution in [0.15, 0.2) is 34.9 Å². The Bertz CT molecular complexity index is 839. The summed E-state index contributed by atoms with van der Waals surface area (Å²) in [5.41, 5.74) is 1.41. The molecule has 0 unspecified atom stereocenters. The molecule has 8 nitrogen and oxygen atoms in total. The fourth-order valence-corrected chi connectivity index (χ4v) is 3.51. The third-order valence-electron chi connectivity index (χ3n) is 5.03. The molecular weight excluding hydrogens is 339 g/mol. The van der Waals surface area contributed by atoms with Crippen molar-refractivity contribution < 1.29 is 28.8 Å². The number of furan rings is 1. The van der Waals surface area contributed by atoms with Gasteiger partial charge in [-0.2, -0.15) is 0 Å². The van der Waals surface area contributed by atoms with Crippen molar-refractivity contribution in [2.24, 2.45) is 5.41 Å². The number of hydrogen-bond donors (Lipinski definition) is 3. The number of nitrogens with one attached hydrogen (secondary N) is 1. The Kier molecular flexibility index (Phi) is 4.22. The van der Waals surface area contributed by atoms with E-state index in [2.05, 4.69) is 5.32 Å². The van der Waals surface area contributed by atoms with Crippen molar-refractivity contribution in [2.75, 3.05) is 26.3 Å². The van der Waals surface area contributed by atoms with Crippen LogP contribution in [0.3, 0.4) is 0 Å². The van der Waals surface area contributed by atoms with Crippen LogP contribution in [0.4, 0.5) is 0 Å². The molecule has 2 aliphatic rings. The van der Waals surface area contributed by atoms with Crippen LogP contribution in [0, 0.1) is 5.41 Å². The maximum atomic E-state index is 12.2. The van der Waals surface area contributed by atoms with Crippen LogP contribution < -0.4 is 5.32 Å². The predicted molar refractivity (Wildman–Crippen MR) is 91.9 cm³/mol. The third kappa shape index (κ3) is 2.98. The van der Waals surface area contributed by atoms with Crippen molar-refractivity contribution in [1.29, 1.82) is 0 Å². The number of amides is 2. The molecule has 3 N–H and O–H groups in total. The standard InChI is InChI=1S/C17H19BN2O6/c21-15(16(22)20-7-17(8-20)9-25-10-17)19-14(18(23)24)5-11-6-26-13-4-2-1-3-12(11)13/h1-4,6,14,23-24H,5,7-10H2,(H,19,21)/t14-/m0/s1. The third-order valence-corrected chi connectivity index (χ3v) is 5.03. The van der Waals surface area contributed by atoms with Gasteiger partial charge in [0.05, 0.1) is 30.8 Å². The van der Waals surface area contributed by atoms with E-state index in [0.717, 1.165) is 10.9 Å². The Morgan fingerprint density at radius 1 is 1.27 bits per heavy atom. The van der Waals surface area contributed by atoms with E-state index in [1.54, 1.807) is 6.07 Å². The number of fused-ring (bicyclic) bond motifs is 1. The first-order valence-electron chi connectivity index (χ1n) is 8.46. The molecule has 0 bridgehead atoms. The second-order valence-corrected chi connectivity index (χ2v) is 7.11. The van der Waals surface area contributed by atoms with E-state index in [9.17, 15) is 19.6 Å². The highest BCUT2D eigenvalue weighted by Gasteiger charge is 2.51. The monoisotopic (exact) mass is 358 g/mol. The zero-order valence-corrected chi connectivity index (χ0v) is 14.1. The first-order chi connectivity index (χ1) is 12.5. The van der Waals surface area contributed by atoms with E-state index in [4.69, 9.17) is 9.15 Å². The Hall–Kier alpha value is -2.36. The Balaban J connectivity index is 1.40. The van der Waals surface area contributed by atoms with Crippen molar-refractivity contribution in [3.05, 3.63) is 36.1 Å². The number of carbonyl (C=O) groups is 2. The summed E-state index contributed by atoms with van der Waals surface area (Å²) >= 11 is 0. The van der Waals surface area contributed by atoms with Gasteiger partial charge in [0.2, 0.25) is 0 Å². The summed E-state index contributed by atoms with van der Waals surface area (Å²) in [6, 6.07) is 7.33. The molecule has 2 aromatic rings. The number of carbonyl (C=O) groups excluding carboxylic acids is 2. The van der Waals surface area contributed by atoms with E-state index in [1.807, 2.05) is 18.2 Å². The van der Waals surface area contributed by atoms with Crippen LogP contribution >= 0.6 is 0 Å². The fraction of sp³-hybridized carbons (Fsp3) is 0.412. The van der Waals surface area contributed by atoms with Gasteiger partial charge < -0.3 is 29.4 Å². The number of nitrogens with zero attached hydrogens (tertiary/aromatic N) is 1.